The molecule has 0 fully saturated rings. The molecule has 0 spiro atoms. The molecule has 5 heteroatoms. The number of anilines is 1. The van der Waals surface area contributed by atoms with E-state index in [1.54, 1.807) is 43.3 Å². The van der Waals surface area contributed by atoms with Crippen molar-refractivity contribution < 1.29 is 15.0 Å². The SMILES string of the molecule is CCC(Nc1ccc(Cl)cc1)(C(=O)O)c1ccc(O)cc1. The van der Waals surface area contributed by atoms with Crippen molar-refractivity contribution in [3.63, 3.8) is 0 Å². The molecular weight excluding hydrogens is 290 g/mol. The van der Waals surface area contributed by atoms with Crippen LogP contribution in [0.3, 0.4) is 0 Å². The molecule has 0 radical (unpaired) electrons. The van der Waals surface area contributed by atoms with Crippen LogP contribution in [0.5, 0.6) is 5.75 Å². The van der Waals surface area contributed by atoms with Gasteiger partial charge in [-0.2, -0.15) is 0 Å². The summed E-state index contributed by atoms with van der Waals surface area (Å²) in [7, 11) is 0. The Hall–Kier alpha value is -2.20. The number of benzene rings is 2. The Morgan fingerprint density at radius 3 is 2.19 bits per heavy atom. The Morgan fingerprint density at radius 1 is 1.14 bits per heavy atom. The standard InChI is InChI=1S/C16H16ClNO3/c1-2-16(15(20)21,11-3-9-14(19)10-4-11)18-13-7-5-12(17)6-8-13/h3-10,18-19H,2H2,1H3,(H,20,21). The average molecular weight is 306 g/mol. The first kappa shape index (κ1) is 15.2. The zero-order chi connectivity index (χ0) is 15.5. The van der Waals surface area contributed by atoms with E-state index in [4.69, 9.17) is 11.6 Å². The van der Waals surface area contributed by atoms with E-state index in [1.807, 2.05) is 0 Å². The normalized spacial score (nSPS) is 13.4. The molecule has 0 heterocycles. The van der Waals surface area contributed by atoms with Crippen LogP contribution in [0, 0.1) is 0 Å². The molecule has 0 aliphatic carbocycles. The number of aromatic hydroxyl groups is 1. The maximum Gasteiger partial charge on any atom is 0.334 e. The van der Waals surface area contributed by atoms with Crippen LogP contribution in [0.25, 0.3) is 0 Å². The first-order chi connectivity index (χ1) is 9.98. The van der Waals surface area contributed by atoms with Crippen molar-refractivity contribution in [2.24, 2.45) is 0 Å². The van der Waals surface area contributed by atoms with Crippen LogP contribution in [-0.4, -0.2) is 16.2 Å². The molecule has 2 aromatic carbocycles. The van der Waals surface area contributed by atoms with Gasteiger partial charge in [0.25, 0.3) is 0 Å². The lowest BCUT2D eigenvalue weighted by atomic mass is 9.86. The number of carboxylic acids is 1. The van der Waals surface area contributed by atoms with Crippen LogP contribution in [0.15, 0.2) is 48.5 Å². The number of rotatable bonds is 5. The molecule has 0 saturated heterocycles. The van der Waals surface area contributed by atoms with E-state index in [2.05, 4.69) is 5.32 Å². The van der Waals surface area contributed by atoms with Gasteiger partial charge >= 0.3 is 5.97 Å². The Bertz CT molecular complexity index is 625. The van der Waals surface area contributed by atoms with E-state index < -0.39 is 11.5 Å². The summed E-state index contributed by atoms with van der Waals surface area (Å²) in [6.45, 7) is 1.80. The summed E-state index contributed by atoms with van der Waals surface area (Å²) in [5, 5.41) is 22.7. The molecule has 0 saturated carbocycles. The predicted octanol–water partition coefficient (Wildman–Crippen LogP) is 3.85. The van der Waals surface area contributed by atoms with Gasteiger partial charge in [0.05, 0.1) is 0 Å². The lowest BCUT2D eigenvalue weighted by Crippen LogP contribution is -2.42. The zero-order valence-electron chi connectivity index (χ0n) is 11.5. The summed E-state index contributed by atoms with van der Waals surface area (Å²) in [6.07, 6.45) is 0.343. The second-order valence-corrected chi connectivity index (χ2v) is 5.18. The van der Waals surface area contributed by atoms with Crippen LogP contribution >= 0.6 is 11.6 Å². The molecule has 21 heavy (non-hydrogen) atoms. The summed E-state index contributed by atoms with van der Waals surface area (Å²) in [6, 6.07) is 13.0. The van der Waals surface area contributed by atoms with Crippen LogP contribution in [-0.2, 0) is 10.3 Å². The van der Waals surface area contributed by atoms with E-state index in [-0.39, 0.29) is 5.75 Å². The fourth-order valence-electron chi connectivity index (χ4n) is 2.22. The third-order valence-corrected chi connectivity index (χ3v) is 3.71. The second-order valence-electron chi connectivity index (χ2n) is 4.74. The Kier molecular flexibility index (Phi) is 4.38. The van der Waals surface area contributed by atoms with Gasteiger partial charge in [-0.15, -0.1) is 0 Å². The lowest BCUT2D eigenvalue weighted by Gasteiger charge is -2.31. The highest BCUT2D eigenvalue weighted by atomic mass is 35.5. The van der Waals surface area contributed by atoms with E-state index >= 15 is 0 Å². The van der Waals surface area contributed by atoms with E-state index in [9.17, 15) is 15.0 Å². The molecule has 0 aromatic heterocycles. The van der Waals surface area contributed by atoms with Crippen molar-refractivity contribution in [3.05, 3.63) is 59.1 Å². The van der Waals surface area contributed by atoms with Crippen molar-refractivity contribution in [2.45, 2.75) is 18.9 Å². The lowest BCUT2D eigenvalue weighted by molar-refractivity contribution is -0.142. The fraction of sp³-hybridized carbons (Fsp3) is 0.188. The van der Waals surface area contributed by atoms with Gasteiger partial charge in [0.1, 0.15) is 5.75 Å². The molecule has 0 aliphatic heterocycles. The maximum absolute atomic E-state index is 11.9. The van der Waals surface area contributed by atoms with Crippen molar-refractivity contribution in [1.82, 2.24) is 0 Å². The van der Waals surface area contributed by atoms with Gasteiger partial charge in [-0.25, -0.2) is 4.79 Å². The van der Waals surface area contributed by atoms with Crippen LogP contribution in [0.1, 0.15) is 18.9 Å². The number of carbonyl (C=O) groups is 1. The van der Waals surface area contributed by atoms with Gasteiger partial charge in [-0.1, -0.05) is 30.7 Å². The topological polar surface area (TPSA) is 69.6 Å². The molecule has 1 atom stereocenters. The zero-order valence-corrected chi connectivity index (χ0v) is 12.3. The predicted molar refractivity (Wildman–Crippen MR) is 82.8 cm³/mol. The summed E-state index contributed by atoms with van der Waals surface area (Å²) in [5.74, 6) is -0.883. The molecule has 3 N–H and O–H groups in total. The molecule has 1 unspecified atom stereocenters. The number of hydrogen-bond donors (Lipinski definition) is 3. The number of aliphatic carboxylic acids is 1. The summed E-state index contributed by atoms with van der Waals surface area (Å²) in [5.41, 5.74) is -0.0244. The molecule has 2 rings (SSSR count). The average Bonchev–Trinajstić information content (AvgIpc) is 2.47. The molecule has 0 amide bonds. The third-order valence-electron chi connectivity index (χ3n) is 3.46. The third kappa shape index (κ3) is 3.11. The van der Waals surface area contributed by atoms with Crippen LogP contribution in [0.2, 0.25) is 5.02 Å². The number of hydrogen-bond acceptors (Lipinski definition) is 3. The van der Waals surface area contributed by atoms with Gasteiger partial charge in [0.15, 0.2) is 5.54 Å². The molecule has 0 aliphatic rings. The van der Waals surface area contributed by atoms with E-state index in [0.29, 0.717) is 22.7 Å². The van der Waals surface area contributed by atoms with Crippen LogP contribution in [0.4, 0.5) is 5.69 Å². The monoisotopic (exact) mass is 305 g/mol. The number of nitrogens with one attached hydrogen (secondary N) is 1. The highest BCUT2D eigenvalue weighted by molar-refractivity contribution is 6.30. The van der Waals surface area contributed by atoms with E-state index in [0.717, 1.165) is 0 Å². The molecule has 2 aromatic rings. The van der Waals surface area contributed by atoms with E-state index in [1.165, 1.54) is 12.1 Å². The number of halogens is 1. The highest BCUT2D eigenvalue weighted by Crippen LogP contribution is 2.31. The van der Waals surface area contributed by atoms with Gasteiger partial charge in [0, 0.05) is 10.7 Å². The second kappa shape index (κ2) is 6.06. The first-order valence-electron chi connectivity index (χ1n) is 6.54. The van der Waals surface area contributed by atoms with Gasteiger partial charge in [-0.3, -0.25) is 0 Å². The minimum Gasteiger partial charge on any atom is -0.508 e. The molecular formula is C16H16ClNO3. The van der Waals surface area contributed by atoms with Crippen molar-refractivity contribution in [1.29, 1.82) is 0 Å². The molecule has 4 nitrogen and oxygen atoms in total. The van der Waals surface area contributed by atoms with Gasteiger partial charge in [-0.05, 0) is 48.4 Å². The number of phenolic OH excluding ortho intramolecular Hbond substituents is 1. The summed E-state index contributed by atoms with van der Waals surface area (Å²) in [4.78, 5) is 11.9. The van der Waals surface area contributed by atoms with Crippen molar-refractivity contribution in [3.8, 4) is 5.75 Å². The number of carboxylic acid groups (broad SMARTS) is 1. The Labute approximate surface area is 128 Å². The molecule has 110 valence electrons. The fourth-order valence-corrected chi connectivity index (χ4v) is 2.34. The maximum atomic E-state index is 11.9. The Balaban J connectivity index is 2.44. The smallest absolute Gasteiger partial charge is 0.334 e. The van der Waals surface area contributed by atoms with Gasteiger partial charge < -0.3 is 15.5 Å². The van der Waals surface area contributed by atoms with Crippen LogP contribution < -0.4 is 5.32 Å². The first-order valence-corrected chi connectivity index (χ1v) is 6.92. The number of phenols is 1. The summed E-state index contributed by atoms with van der Waals surface area (Å²) < 4.78 is 0. The van der Waals surface area contributed by atoms with Gasteiger partial charge in [0.2, 0.25) is 0 Å². The minimum absolute atomic E-state index is 0.0978. The molecule has 0 bridgehead atoms. The quantitative estimate of drug-likeness (QED) is 0.785. The minimum atomic E-state index is -1.26. The summed E-state index contributed by atoms with van der Waals surface area (Å²) >= 11 is 5.84. The highest BCUT2D eigenvalue weighted by Gasteiger charge is 2.38. The van der Waals surface area contributed by atoms with Crippen molar-refractivity contribution >= 4 is 23.3 Å². The Morgan fingerprint density at radius 2 is 1.71 bits per heavy atom. The largest absolute Gasteiger partial charge is 0.508 e. The van der Waals surface area contributed by atoms with Crippen molar-refractivity contribution in [2.75, 3.05) is 5.32 Å².